The number of methoxy groups -OCH3 is 1. The summed E-state index contributed by atoms with van der Waals surface area (Å²) in [5.74, 6) is -0.998. The third kappa shape index (κ3) is 13.4. The van der Waals surface area contributed by atoms with Crippen LogP contribution < -0.4 is 30.7 Å². The molecule has 5 rings (SSSR count). The van der Waals surface area contributed by atoms with Gasteiger partial charge in [-0.2, -0.15) is 0 Å². The van der Waals surface area contributed by atoms with Crippen molar-refractivity contribution in [1.82, 2.24) is 21.3 Å². The van der Waals surface area contributed by atoms with E-state index < -0.39 is 59.9 Å². The highest BCUT2D eigenvalue weighted by Gasteiger charge is 2.28. The molecular formula is C46H57N5O10. The van der Waals surface area contributed by atoms with Gasteiger partial charge in [0.25, 0.3) is 5.91 Å². The van der Waals surface area contributed by atoms with Gasteiger partial charge in [0.05, 0.1) is 7.11 Å². The topological polar surface area (TPSA) is 192 Å². The summed E-state index contributed by atoms with van der Waals surface area (Å²) in [5.41, 5.74) is -0.0837. The minimum Gasteiger partial charge on any atom is -0.489 e. The summed E-state index contributed by atoms with van der Waals surface area (Å²) in [5, 5.41) is 14.2. The molecule has 1 aliphatic heterocycles. The third-order valence-corrected chi connectivity index (χ3v) is 9.13. The Balaban J connectivity index is 0.00000845. The number of nitrogens with zero attached hydrogens (tertiary/aromatic N) is 1. The van der Waals surface area contributed by atoms with Crippen molar-refractivity contribution in [2.24, 2.45) is 4.99 Å². The van der Waals surface area contributed by atoms with Crippen molar-refractivity contribution >= 4 is 57.5 Å². The monoisotopic (exact) mass is 840 g/mol. The summed E-state index contributed by atoms with van der Waals surface area (Å²) in [6.07, 6.45) is 2.78. The Bertz CT molecular complexity index is 2270. The van der Waals surface area contributed by atoms with Gasteiger partial charge >= 0.3 is 18.2 Å². The van der Waals surface area contributed by atoms with Gasteiger partial charge in [-0.1, -0.05) is 72.8 Å². The average molecular weight is 841 g/mol. The highest BCUT2D eigenvalue weighted by Crippen LogP contribution is 2.45. The standard InChI is InChI=1S/C46H55N5O10.H2/c1-45(2,3)60-43(55)50-42(51-44(56)61-46(4,5)6)47-26-14-12-20-33-40(53)49-34(41(54)57-7)21-13-15-27-58-35-24-22-29-16-8-10-18-31(29)38(35)39-32-19-11-9-17-30(32)23-25-36(39)59-28-37(52)48-33;/h8-11,13,15-19,22-25,33-34H,12,14,20-21,26-28H2,1-7H3,(H,48,52)(H,49,53)(H2,47,50,51,55,56);1H/b15-13+;/t33-,34+;/m1./s1/i;1+1. The number of aliphatic imine (C=N–C) groups is 1. The third-order valence-electron chi connectivity index (χ3n) is 9.13. The van der Waals surface area contributed by atoms with E-state index in [-0.39, 0.29) is 33.4 Å². The van der Waals surface area contributed by atoms with Gasteiger partial charge in [0.15, 0.2) is 6.61 Å². The van der Waals surface area contributed by atoms with Crippen molar-refractivity contribution in [3.05, 3.63) is 84.9 Å². The second-order valence-electron chi connectivity index (χ2n) is 16.3. The molecule has 0 aliphatic carbocycles. The van der Waals surface area contributed by atoms with Crippen LogP contribution in [0.25, 0.3) is 32.7 Å². The zero-order valence-corrected chi connectivity index (χ0v) is 35.7. The van der Waals surface area contributed by atoms with Crippen molar-refractivity contribution in [2.75, 3.05) is 26.9 Å². The van der Waals surface area contributed by atoms with Crippen LogP contribution in [-0.2, 0) is 28.6 Å². The first-order valence-corrected chi connectivity index (χ1v) is 20.2. The van der Waals surface area contributed by atoms with Crippen LogP contribution in [-0.4, -0.2) is 86.1 Å². The Morgan fingerprint density at radius 3 is 1.87 bits per heavy atom. The molecule has 1 aliphatic rings. The molecule has 0 saturated heterocycles. The van der Waals surface area contributed by atoms with Gasteiger partial charge in [-0.15, -0.1) is 0 Å². The molecule has 4 N–H and O–H groups in total. The van der Waals surface area contributed by atoms with Gasteiger partial charge < -0.3 is 34.3 Å². The summed E-state index contributed by atoms with van der Waals surface area (Å²) < 4.78 is 28.3. The predicted molar refractivity (Wildman–Crippen MR) is 235 cm³/mol. The maximum Gasteiger partial charge on any atom is 0.414 e. The minimum absolute atomic E-state index is 0. The lowest BCUT2D eigenvalue weighted by Crippen LogP contribution is -2.52. The molecule has 4 amide bonds. The molecule has 2 atom stereocenters. The van der Waals surface area contributed by atoms with E-state index in [1.54, 1.807) is 53.7 Å². The molecular weight excluding hydrogens is 783 g/mol. The highest BCUT2D eigenvalue weighted by molar-refractivity contribution is 6.10. The lowest BCUT2D eigenvalue weighted by Gasteiger charge is -2.22. The summed E-state index contributed by atoms with van der Waals surface area (Å²) in [7, 11) is 1.23. The number of ether oxygens (including phenoxy) is 5. The molecule has 0 unspecified atom stereocenters. The fourth-order valence-corrected chi connectivity index (χ4v) is 6.54. The number of alkyl carbamates (subject to hydrolysis) is 2. The molecule has 61 heavy (non-hydrogen) atoms. The van der Waals surface area contributed by atoms with Gasteiger partial charge in [-0.05, 0) is 101 Å². The van der Waals surface area contributed by atoms with Gasteiger partial charge in [0, 0.05) is 19.1 Å². The molecule has 0 radical (unpaired) electrons. The number of guanidine groups is 1. The Labute approximate surface area is 357 Å². The average Bonchev–Trinajstić information content (AvgIpc) is 3.19. The van der Waals surface area contributed by atoms with Crippen LogP contribution in [0.1, 0.15) is 68.7 Å². The van der Waals surface area contributed by atoms with Crippen molar-refractivity contribution in [1.29, 1.82) is 0 Å². The van der Waals surface area contributed by atoms with Crippen LogP contribution >= 0.6 is 0 Å². The molecule has 4 aromatic rings. The number of carbonyl (C=O) groups excluding carboxylic acids is 5. The van der Waals surface area contributed by atoms with Crippen molar-refractivity contribution in [3.63, 3.8) is 0 Å². The van der Waals surface area contributed by atoms with Gasteiger partial charge in [-0.3, -0.25) is 25.2 Å². The lowest BCUT2D eigenvalue weighted by molar-refractivity contribution is -0.145. The van der Waals surface area contributed by atoms with Crippen LogP contribution in [0.2, 0.25) is 0 Å². The molecule has 326 valence electrons. The van der Waals surface area contributed by atoms with Gasteiger partial charge in [0.1, 0.15) is 41.4 Å². The quantitative estimate of drug-likeness (QED) is 0.0381. The largest absolute Gasteiger partial charge is 0.489 e. The van der Waals surface area contributed by atoms with Crippen molar-refractivity contribution in [3.8, 4) is 22.6 Å². The maximum absolute atomic E-state index is 13.8. The number of unbranched alkanes of at least 4 members (excludes halogenated alkanes) is 1. The maximum atomic E-state index is 13.8. The normalized spacial score (nSPS) is 16.8. The molecule has 1 heterocycles. The first kappa shape index (κ1) is 45.4. The van der Waals surface area contributed by atoms with E-state index in [0.717, 1.165) is 32.7 Å². The lowest BCUT2D eigenvalue weighted by atomic mass is 9.92. The Kier molecular flexibility index (Phi) is 15.3. The number of esters is 1. The first-order valence-electron chi connectivity index (χ1n) is 20.2. The molecule has 0 spiro atoms. The minimum atomic E-state index is -1.09. The number of hydrogen-bond acceptors (Lipinski definition) is 11. The Hall–Kier alpha value is -6.64. The van der Waals surface area contributed by atoms with E-state index in [1.807, 2.05) is 72.8 Å². The second-order valence-corrected chi connectivity index (χ2v) is 16.3. The molecule has 0 aromatic heterocycles. The number of amides is 4. The summed E-state index contributed by atoms with van der Waals surface area (Å²) in [4.78, 5) is 69.8. The van der Waals surface area contributed by atoms with Crippen LogP contribution in [0, 0.1) is 0 Å². The van der Waals surface area contributed by atoms with E-state index in [2.05, 4.69) is 26.3 Å². The highest BCUT2D eigenvalue weighted by atomic mass is 16.6. The molecule has 15 heteroatoms. The summed E-state index contributed by atoms with van der Waals surface area (Å²) in [6.45, 7) is 10.0. The van der Waals surface area contributed by atoms with Crippen molar-refractivity contribution in [2.45, 2.75) is 90.5 Å². The van der Waals surface area contributed by atoms with Gasteiger partial charge in [0.2, 0.25) is 11.9 Å². The van der Waals surface area contributed by atoms with Crippen molar-refractivity contribution < 1.29 is 49.1 Å². The predicted octanol–water partition coefficient (Wildman–Crippen LogP) is 7.34. The van der Waals surface area contributed by atoms with Crippen LogP contribution in [0.3, 0.4) is 0 Å². The zero-order chi connectivity index (χ0) is 44.2. The van der Waals surface area contributed by atoms with Crippen LogP contribution in [0.15, 0.2) is 89.9 Å². The number of benzene rings is 4. The fraction of sp³-hybridized carbons (Fsp3) is 0.391. The molecule has 0 fully saturated rings. The number of hydrogen-bond donors (Lipinski definition) is 4. The SMILES string of the molecule is COC(=O)[C@@H]1C/C=C/COc2ccc3ccccc3c2-c2c(ccc3ccccc23)OCC(=O)N[C@H](CCCCN=C(NC(=O)OC(C)(C)C)NC(=O)OC(C)(C)C)C(=O)N1.[2HH]. The van der Waals surface area contributed by atoms with Crippen LogP contribution in [0.5, 0.6) is 11.5 Å². The first-order chi connectivity index (χ1) is 29.0. The summed E-state index contributed by atoms with van der Waals surface area (Å²) >= 11 is 0. The zero-order valence-electron chi connectivity index (χ0n) is 35.7. The smallest absolute Gasteiger partial charge is 0.414 e. The van der Waals surface area contributed by atoms with E-state index in [9.17, 15) is 24.0 Å². The fourth-order valence-electron chi connectivity index (χ4n) is 6.54. The number of nitrogens with one attached hydrogen (secondary N) is 4. The molecule has 0 bridgehead atoms. The van der Waals surface area contributed by atoms with E-state index >= 15 is 0 Å². The number of carbonyl (C=O) groups is 5. The molecule has 0 saturated carbocycles. The van der Waals surface area contributed by atoms with E-state index in [4.69, 9.17) is 23.7 Å². The number of fused-ring (bicyclic) bond motifs is 7. The second kappa shape index (κ2) is 20.6. The summed E-state index contributed by atoms with van der Waals surface area (Å²) in [6, 6.07) is 21.3. The Morgan fingerprint density at radius 1 is 0.754 bits per heavy atom. The van der Waals surface area contributed by atoms with E-state index in [1.165, 1.54) is 7.11 Å². The van der Waals surface area contributed by atoms with Gasteiger partial charge in [-0.25, -0.2) is 14.4 Å². The van der Waals surface area contributed by atoms with Crippen LogP contribution in [0.4, 0.5) is 9.59 Å². The Morgan fingerprint density at radius 2 is 1.31 bits per heavy atom. The molecule has 15 nitrogen and oxygen atoms in total. The van der Waals surface area contributed by atoms with E-state index in [0.29, 0.717) is 24.3 Å². The number of rotatable bonds is 6. The molecule has 4 aromatic carbocycles.